The Kier molecular flexibility index (Phi) is 4.92. The second-order valence-corrected chi connectivity index (χ2v) is 4.83. The van der Waals surface area contributed by atoms with E-state index >= 15 is 0 Å². The van der Waals surface area contributed by atoms with E-state index in [1.807, 2.05) is 0 Å². The molecular weight excluding hydrogens is 276 g/mol. The molecule has 0 bridgehead atoms. The Bertz CT molecular complexity index is 481. The predicted molar refractivity (Wildman–Crippen MR) is 75.3 cm³/mol. The molecule has 3 N–H and O–H groups in total. The van der Waals surface area contributed by atoms with Crippen LogP contribution in [0.25, 0.3) is 0 Å². The Labute approximate surface area is 123 Å². The van der Waals surface area contributed by atoms with Crippen LogP contribution in [0.5, 0.6) is 11.8 Å². The Morgan fingerprint density at radius 1 is 1.33 bits per heavy atom. The normalized spacial score (nSPS) is 17.1. The molecule has 0 spiro atoms. The van der Waals surface area contributed by atoms with Crippen LogP contribution in [0.2, 0.25) is 0 Å². The number of nitrogens with two attached hydrogens (primary N) is 1. The highest BCUT2D eigenvalue weighted by Gasteiger charge is 2.39. The van der Waals surface area contributed by atoms with E-state index < -0.39 is 5.41 Å². The van der Waals surface area contributed by atoms with Crippen LogP contribution in [0.3, 0.4) is 0 Å². The number of anilines is 1. The SMILES string of the molecule is COc1cc(OC)nc(NC(=O)C2(CN)CCOCC2)n1. The average Bonchev–Trinajstić information content (AvgIpc) is 2.54. The van der Waals surface area contributed by atoms with Crippen LogP contribution in [0.1, 0.15) is 12.8 Å². The summed E-state index contributed by atoms with van der Waals surface area (Å²) in [6, 6.07) is 1.53. The lowest BCUT2D eigenvalue weighted by Gasteiger charge is -2.34. The molecule has 0 aliphatic carbocycles. The molecule has 1 saturated heterocycles. The van der Waals surface area contributed by atoms with Gasteiger partial charge in [-0.25, -0.2) is 0 Å². The van der Waals surface area contributed by atoms with Crippen molar-refractivity contribution in [2.45, 2.75) is 12.8 Å². The largest absolute Gasteiger partial charge is 0.481 e. The quantitative estimate of drug-likeness (QED) is 0.798. The van der Waals surface area contributed by atoms with Gasteiger partial charge in [0.05, 0.1) is 25.7 Å². The van der Waals surface area contributed by atoms with Crippen molar-refractivity contribution in [3.05, 3.63) is 6.07 Å². The molecule has 1 amide bonds. The second-order valence-electron chi connectivity index (χ2n) is 4.83. The summed E-state index contributed by atoms with van der Waals surface area (Å²) >= 11 is 0. The molecule has 116 valence electrons. The fraction of sp³-hybridized carbons (Fsp3) is 0.615. The summed E-state index contributed by atoms with van der Waals surface area (Å²) in [5.74, 6) is 0.552. The first kappa shape index (κ1) is 15.5. The standard InChI is InChI=1S/C13H20N4O4/c1-19-9-7-10(20-2)16-12(15-9)17-11(18)13(8-14)3-5-21-6-4-13/h7H,3-6,8,14H2,1-2H3,(H,15,16,17,18). The minimum atomic E-state index is -0.641. The van der Waals surface area contributed by atoms with Gasteiger partial charge in [-0.3, -0.25) is 10.1 Å². The van der Waals surface area contributed by atoms with Crippen molar-refractivity contribution in [2.24, 2.45) is 11.1 Å². The maximum Gasteiger partial charge on any atom is 0.236 e. The molecule has 21 heavy (non-hydrogen) atoms. The monoisotopic (exact) mass is 296 g/mol. The first-order chi connectivity index (χ1) is 10.1. The topological polar surface area (TPSA) is 109 Å². The van der Waals surface area contributed by atoms with E-state index in [2.05, 4.69) is 15.3 Å². The summed E-state index contributed by atoms with van der Waals surface area (Å²) < 4.78 is 15.4. The lowest BCUT2D eigenvalue weighted by molar-refractivity contribution is -0.130. The van der Waals surface area contributed by atoms with Crippen molar-refractivity contribution < 1.29 is 19.0 Å². The van der Waals surface area contributed by atoms with Gasteiger partial charge < -0.3 is 19.9 Å². The summed E-state index contributed by atoms with van der Waals surface area (Å²) in [6.45, 7) is 1.29. The number of methoxy groups -OCH3 is 2. The van der Waals surface area contributed by atoms with Crippen molar-refractivity contribution in [3.8, 4) is 11.8 Å². The number of nitrogens with zero attached hydrogens (tertiary/aromatic N) is 2. The van der Waals surface area contributed by atoms with Gasteiger partial charge in [-0.05, 0) is 12.8 Å². The Balaban J connectivity index is 2.18. The van der Waals surface area contributed by atoms with Crippen LogP contribution < -0.4 is 20.5 Å². The zero-order valence-corrected chi connectivity index (χ0v) is 12.2. The Morgan fingerprint density at radius 2 is 1.90 bits per heavy atom. The second kappa shape index (κ2) is 6.68. The molecule has 1 aromatic rings. The summed E-state index contributed by atoms with van der Waals surface area (Å²) in [5, 5.41) is 2.70. The van der Waals surface area contributed by atoms with Crippen LogP contribution in [-0.2, 0) is 9.53 Å². The molecule has 1 fully saturated rings. The lowest BCUT2D eigenvalue weighted by Crippen LogP contribution is -2.46. The van der Waals surface area contributed by atoms with Gasteiger partial charge in [0, 0.05) is 19.8 Å². The van der Waals surface area contributed by atoms with Gasteiger partial charge in [0.15, 0.2) is 0 Å². The van der Waals surface area contributed by atoms with Gasteiger partial charge in [0.2, 0.25) is 23.6 Å². The number of ether oxygens (including phenoxy) is 3. The highest BCUT2D eigenvalue weighted by atomic mass is 16.5. The molecule has 0 radical (unpaired) electrons. The molecule has 0 aromatic carbocycles. The maximum atomic E-state index is 12.5. The molecule has 0 unspecified atom stereocenters. The molecule has 1 aliphatic heterocycles. The van der Waals surface area contributed by atoms with Crippen molar-refractivity contribution in [2.75, 3.05) is 39.3 Å². The molecule has 2 rings (SSSR count). The van der Waals surface area contributed by atoms with E-state index in [-0.39, 0.29) is 18.4 Å². The maximum absolute atomic E-state index is 12.5. The third-order valence-corrected chi connectivity index (χ3v) is 3.65. The van der Waals surface area contributed by atoms with Gasteiger partial charge in [-0.15, -0.1) is 0 Å². The van der Waals surface area contributed by atoms with E-state index in [9.17, 15) is 4.79 Å². The van der Waals surface area contributed by atoms with Crippen molar-refractivity contribution in [1.29, 1.82) is 0 Å². The highest BCUT2D eigenvalue weighted by molar-refractivity contribution is 5.94. The highest BCUT2D eigenvalue weighted by Crippen LogP contribution is 2.31. The minimum Gasteiger partial charge on any atom is -0.481 e. The molecule has 0 saturated carbocycles. The van der Waals surface area contributed by atoms with E-state index in [0.717, 1.165) is 0 Å². The third-order valence-electron chi connectivity index (χ3n) is 3.65. The van der Waals surface area contributed by atoms with E-state index in [4.69, 9.17) is 19.9 Å². The number of carbonyl (C=O) groups is 1. The number of hydrogen-bond donors (Lipinski definition) is 2. The fourth-order valence-electron chi connectivity index (χ4n) is 2.19. The average molecular weight is 296 g/mol. The van der Waals surface area contributed by atoms with Crippen molar-refractivity contribution in [1.82, 2.24) is 9.97 Å². The van der Waals surface area contributed by atoms with Crippen LogP contribution in [0.15, 0.2) is 6.07 Å². The smallest absolute Gasteiger partial charge is 0.236 e. The van der Waals surface area contributed by atoms with Crippen LogP contribution in [-0.4, -0.2) is 49.9 Å². The minimum absolute atomic E-state index is 0.135. The fourth-order valence-corrected chi connectivity index (χ4v) is 2.19. The number of amides is 1. The van der Waals surface area contributed by atoms with Crippen LogP contribution >= 0.6 is 0 Å². The molecule has 8 nitrogen and oxygen atoms in total. The number of carbonyl (C=O) groups excluding carboxylic acids is 1. The summed E-state index contributed by atoms with van der Waals surface area (Å²) in [4.78, 5) is 20.7. The van der Waals surface area contributed by atoms with Gasteiger partial charge in [-0.1, -0.05) is 0 Å². The Morgan fingerprint density at radius 3 is 2.38 bits per heavy atom. The van der Waals surface area contributed by atoms with Gasteiger partial charge >= 0.3 is 0 Å². The zero-order valence-electron chi connectivity index (χ0n) is 12.2. The van der Waals surface area contributed by atoms with Crippen LogP contribution in [0.4, 0.5) is 5.95 Å². The van der Waals surface area contributed by atoms with Crippen LogP contribution in [0, 0.1) is 5.41 Å². The molecule has 0 atom stereocenters. The molecule has 1 aliphatic rings. The number of rotatable bonds is 5. The summed E-state index contributed by atoms with van der Waals surface area (Å²) in [5.41, 5.74) is 5.16. The first-order valence-corrected chi connectivity index (χ1v) is 6.70. The van der Waals surface area contributed by atoms with Gasteiger partial charge in [0.1, 0.15) is 0 Å². The summed E-state index contributed by atoms with van der Waals surface area (Å²) in [6.07, 6.45) is 1.16. The van der Waals surface area contributed by atoms with E-state index in [0.29, 0.717) is 37.8 Å². The molecular formula is C13H20N4O4. The lowest BCUT2D eigenvalue weighted by atomic mass is 9.79. The molecule has 8 heteroatoms. The van der Waals surface area contributed by atoms with E-state index in [1.165, 1.54) is 20.3 Å². The van der Waals surface area contributed by atoms with Gasteiger partial charge in [0.25, 0.3) is 0 Å². The molecule has 2 heterocycles. The van der Waals surface area contributed by atoms with Crippen molar-refractivity contribution >= 4 is 11.9 Å². The first-order valence-electron chi connectivity index (χ1n) is 6.70. The van der Waals surface area contributed by atoms with E-state index in [1.54, 1.807) is 0 Å². The van der Waals surface area contributed by atoms with Crippen molar-refractivity contribution in [3.63, 3.8) is 0 Å². The number of hydrogen-bond acceptors (Lipinski definition) is 7. The number of aromatic nitrogens is 2. The molecule has 1 aromatic heterocycles. The van der Waals surface area contributed by atoms with Gasteiger partial charge in [-0.2, -0.15) is 9.97 Å². The zero-order chi connectivity index (χ0) is 15.3. The predicted octanol–water partition coefficient (Wildman–Crippen LogP) is 0.188. The third kappa shape index (κ3) is 3.40. The number of nitrogens with one attached hydrogen (secondary N) is 1. The Hall–Kier alpha value is -1.93. The summed E-state index contributed by atoms with van der Waals surface area (Å²) in [7, 11) is 2.96.